The van der Waals surface area contributed by atoms with E-state index in [9.17, 15) is 0 Å². The van der Waals surface area contributed by atoms with Gasteiger partial charge in [0.05, 0.1) is 0 Å². The molecule has 4 aromatic rings. The molecule has 0 atom stereocenters. The number of fused-ring (bicyclic) bond motifs is 3. The average Bonchev–Trinajstić information content (AvgIpc) is 3.09. The van der Waals surface area contributed by atoms with Gasteiger partial charge in [-0.25, -0.2) is 0 Å². The first-order chi connectivity index (χ1) is 11.4. The molecule has 2 heteroatoms. The van der Waals surface area contributed by atoms with E-state index >= 15 is 0 Å². The van der Waals surface area contributed by atoms with Gasteiger partial charge in [-0.2, -0.15) is 0 Å². The van der Waals surface area contributed by atoms with E-state index in [0.29, 0.717) is 0 Å². The average molecular weight is 299 g/mol. The van der Waals surface area contributed by atoms with E-state index in [-0.39, 0.29) is 0 Å². The normalized spacial score (nSPS) is 11.7. The Labute approximate surface area is 135 Å². The van der Waals surface area contributed by atoms with Gasteiger partial charge in [0.15, 0.2) is 0 Å². The van der Waals surface area contributed by atoms with Crippen molar-refractivity contribution < 1.29 is 4.74 Å². The molecular weight excluding hydrogens is 282 g/mol. The van der Waals surface area contributed by atoms with Crippen LogP contribution in [0.5, 0.6) is 11.5 Å². The Bertz CT molecular complexity index is 821. The fourth-order valence-electron chi connectivity index (χ4n) is 2.82. The molecule has 0 amide bonds. The first-order valence-electron chi connectivity index (χ1n) is 7.76. The third-order valence-corrected chi connectivity index (χ3v) is 4.01. The Kier molecular flexibility index (Phi) is 3.57. The summed E-state index contributed by atoms with van der Waals surface area (Å²) < 4.78 is 5.78. The second kappa shape index (κ2) is 6.01. The lowest BCUT2D eigenvalue weighted by molar-refractivity contribution is 0.460. The predicted molar refractivity (Wildman–Crippen MR) is 94.1 cm³/mol. The Morgan fingerprint density at radius 3 is 1.96 bits per heavy atom. The second-order valence-electron chi connectivity index (χ2n) is 5.56. The summed E-state index contributed by atoms with van der Waals surface area (Å²) in [6.45, 7) is 0. The van der Waals surface area contributed by atoms with Gasteiger partial charge in [-0.15, -0.1) is 0 Å². The van der Waals surface area contributed by atoms with Crippen LogP contribution in [0.1, 0.15) is 11.1 Å². The fraction of sp³-hybridized carbons (Fsp3) is 0.0476. The summed E-state index contributed by atoms with van der Waals surface area (Å²) in [7, 11) is 0. The summed E-state index contributed by atoms with van der Waals surface area (Å²) in [6, 6.07) is 26.7. The highest BCUT2D eigenvalue weighted by molar-refractivity contribution is 5.78. The van der Waals surface area contributed by atoms with E-state index in [1.54, 1.807) is 0 Å². The molecular formula is C21H17NO. The van der Waals surface area contributed by atoms with Crippen LogP contribution in [0.2, 0.25) is 0 Å². The van der Waals surface area contributed by atoms with Crippen molar-refractivity contribution in [2.24, 2.45) is 0 Å². The molecule has 0 saturated carbocycles. The zero-order chi connectivity index (χ0) is 15.5. The van der Waals surface area contributed by atoms with Crippen molar-refractivity contribution in [3.05, 3.63) is 96.2 Å². The molecule has 2 nitrogen and oxygen atoms in total. The monoisotopic (exact) mass is 299 g/mol. The van der Waals surface area contributed by atoms with Crippen molar-refractivity contribution in [1.29, 1.82) is 0 Å². The third-order valence-electron chi connectivity index (χ3n) is 4.01. The van der Waals surface area contributed by atoms with Gasteiger partial charge in [-0.3, -0.25) is 0 Å². The maximum absolute atomic E-state index is 5.78. The number of nitrogens with one attached hydrogen (secondary N) is 1. The second-order valence-corrected chi connectivity index (χ2v) is 5.56. The van der Waals surface area contributed by atoms with Crippen LogP contribution in [0.25, 0.3) is 10.9 Å². The molecule has 0 fully saturated rings. The molecule has 0 unspecified atom stereocenters. The van der Waals surface area contributed by atoms with Gasteiger partial charge in [-0.1, -0.05) is 54.6 Å². The minimum absolute atomic E-state index is 0.979. The number of hydrogen-bond acceptors (Lipinski definition) is 1. The number of benzene rings is 3. The third kappa shape index (κ3) is 2.84. The molecule has 2 heterocycles. The first kappa shape index (κ1) is 13.6. The van der Waals surface area contributed by atoms with Crippen molar-refractivity contribution >= 4 is 10.9 Å². The van der Waals surface area contributed by atoms with Gasteiger partial charge in [0.1, 0.15) is 11.5 Å². The van der Waals surface area contributed by atoms with E-state index in [1.165, 1.54) is 22.0 Å². The molecule has 1 N–H and O–H groups in total. The van der Waals surface area contributed by atoms with Crippen molar-refractivity contribution in [2.45, 2.75) is 6.42 Å². The van der Waals surface area contributed by atoms with E-state index in [4.69, 9.17) is 4.74 Å². The van der Waals surface area contributed by atoms with Gasteiger partial charge in [0.25, 0.3) is 0 Å². The van der Waals surface area contributed by atoms with Crippen LogP contribution < -0.4 is 4.74 Å². The Morgan fingerprint density at radius 2 is 1.26 bits per heavy atom. The standard InChI is InChI=1S/C13H10O.C8H7N/c1-3-7-12-10(5-1)9-11-6-2-4-8-13(11)14-12;1-2-4-8-7(3-1)5-6-9-8/h1-8H,9H2;1-6,9H. The zero-order valence-corrected chi connectivity index (χ0v) is 12.7. The minimum Gasteiger partial charge on any atom is -0.457 e. The summed E-state index contributed by atoms with van der Waals surface area (Å²) >= 11 is 0. The zero-order valence-electron chi connectivity index (χ0n) is 12.7. The molecule has 23 heavy (non-hydrogen) atoms. The van der Waals surface area contributed by atoms with Crippen molar-refractivity contribution in [3.63, 3.8) is 0 Å². The number of aromatic amines is 1. The quantitative estimate of drug-likeness (QED) is 0.398. The molecule has 1 aromatic heterocycles. The highest BCUT2D eigenvalue weighted by atomic mass is 16.5. The van der Waals surface area contributed by atoms with Gasteiger partial charge in [0.2, 0.25) is 0 Å². The van der Waals surface area contributed by atoms with Crippen molar-refractivity contribution in [2.75, 3.05) is 0 Å². The summed E-state index contributed by atoms with van der Waals surface area (Å²) in [5.74, 6) is 1.98. The predicted octanol–water partition coefficient (Wildman–Crippen LogP) is 5.55. The van der Waals surface area contributed by atoms with Crippen molar-refractivity contribution in [3.8, 4) is 11.5 Å². The van der Waals surface area contributed by atoms with E-state index in [0.717, 1.165) is 17.9 Å². The van der Waals surface area contributed by atoms with Gasteiger partial charge in [-0.05, 0) is 40.8 Å². The lowest BCUT2D eigenvalue weighted by Gasteiger charge is -2.19. The molecule has 5 rings (SSSR count). The maximum Gasteiger partial charge on any atom is 0.130 e. The van der Waals surface area contributed by atoms with Gasteiger partial charge in [0, 0.05) is 18.1 Å². The van der Waals surface area contributed by atoms with Gasteiger partial charge < -0.3 is 9.72 Å². The number of hydrogen-bond donors (Lipinski definition) is 1. The van der Waals surface area contributed by atoms with Crippen LogP contribution in [0.15, 0.2) is 85.1 Å². The van der Waals surface area contributed by atoms with Crippen LogP contribution in [0.3, 0.4) is 0 Å². The number of rotatable bonds is 0. The molecule has 1 aliphatic rings. The largest absolute Gasteiger partial charge is 0.457 e. The van der Waals surface area contributed by atoms with E-state index < -0.39 is 0 Å². The van der Waals surface area contributed by atoms with Crippen LogP contribution >= 0.6 is 0 Å². The van der Waals surface area contributed by atoms with Crippen LogP contribution in [0.4, 0.5) is 0 Å². The smallest absolute Gasteiger partial charge is 0.130 e. The topological polar surface area (TPSA) is 25.0 Å². The first-order valence-corrected chi connectivity index (χ1v) is 7.76. The number of H-pyrrole nitrogens is 1. The van der Waals surface area contributed by atoms with E-state index in [2.05, 4.69) is 47.4 Å². The molecule has 0 bridgehead atoms. The molecule has 112 valence electrons. The Balaban J connectivity index is 0.000000130. The summed E-state index contributed by atoms with van der Waals surface area (Å²) in [6.07, 6.45) is 2.93. The Morgan fingerprint density at radius 1 is 0.652 bits per heavy atom. The molecule has 0 spiro atoms. The molecule has 0 saturated heterocycles. The van der Waals surface area contributed by atoms with Crippen molar-refractivity contribution in [1.82, 2.24) is 4.98 Å². The highest BCUT2D eigenvalue weighted by Crippen LogP contribution is 2.35. The van der Waals surface area contributed by atoms with Crippen LogP contribution in [0, 0.1) is 0 Å². The molecule has 0 aliphatic carbocycles. The molecule has 3 aromatic carbocycles. The Hall–Kier alpha value is -3.00. The highest BCUT2D eigenvalue weighted by Gasteiger charge is 2.14. The number of para-hydroxylation sites is 3. The van der Waals surface area contributed by atoms with Crippen LogP contribution in [-0.2, 0) is 6.42 Å². The lowest BCUT2D eigenvalue weighted by atomic mass is 10.0. The van der Waals surface area contributed by atoms with E-state index in [1.807, 2.05) is 42.6 Å². The fourth-order valence-corrected chi connectivity index (χ4v) is 2.82. The minimum atomic E-state index is 0.979. The molecule has 1 aliphatic heterocycles. The molecule has 0 radical (unpaired) electrons. The SMILES string of the molecule is c1ccc2[nH]ccc2c1.c1ccc2c(c1)Cc1ccccc1O2. The lowest BCUT2D eigenvalue weighted by Crippen LogP contribution is -2.01. The number of aromatic nitrogens is 1. The maximum atomic E-state index is 5.78. The summed E-state index contributed by atoms with van der Waals surface area (Å²) in [4.78, 5) is 3.12. The summed E-state index contributed by atoms with van der Waals surface area (Å²) in [5, 5.41) is 1.28. The van der Waals surface area contributed by atoms with Gasteiger partial charge >= 0.3 is 0 Å². The summed E-state index contributed by atoms with van der Waals surface area (Å²) in [5.41, 5.74) is 3.75. The number of ether oxygens (including phenoxy) is 1. The van der Waals surface area contributed by atoms with Crippen LogP contribution in [-0.4, -0.2) is 4.98 Å².